The highest BCUT2D eigenvalue weighted by molar-refractivity contribution is 6.31. The van der Waals surface area contributed by atoms with Gasteiger partial charge in [-0.25, -0.2) is 0 Å². The van der Waals surface area contributed by atoms with Crippen molar-refractivity contribution in [3.63, 3.8) is 0 Å². The Labute approximate surface area is 125 Å². The number of aliphatic hydroxyl groups is 1. The van der Waals surface area contributed by atoms with Gasteiger partial charge in [0.1, 0.15) is 5.69 Å². The minimum atomic E-state index is -0.971. The predicted octanol–water partition coefficient (Wildman–Crippen LogP) is 3.53. The van der Waals surface area contributed by atoms with Crippen LogP contribution >= 0.6 is 11.6 Å². The number of benzene rings is 2. The summed E-state index contributed by atoms with van der Waals surface area (Å²) in [7, 11) is 0. The Morgan fingerprint density at radius 2 is 2.00 bits per heavy atom. The smallest absolute Gasteiger partial charge is 0.327 e. The molecule has 0 bridgehead atoms. The molecule has 0 saturated heterocycles. The van der Waals surface area contributed by atoms with E-state index >= 15 is 0 Å². The molecule has 0 saturated carbocycles. The third-order valence-corrected chi connectivity index (χ3v) is 3.26. The molecule has 0 spiro atoms. The molecule has 1 atom stereocenters. The van der Waals surface area contributed by atoms with E-state index in [9.17, 15) is 19.6 Å². The van der Waals surface area contributed by atoms with Crippen LogP contribution < -0.4 is 5.32 Å². The lowest BCUT2D eigenvalue weighted by molar-refractivity contribution is -0.386. The molecule has 2 rings (SSSR count). The molecule has 7 heteroatoms. The van der Waals surface area contributed by atoms with Crippen molar-refractivity contribution in [2.75, 3.05) is 11.9 Å². The van der Waals surface area contributed by atoms with Crippen molar-refractivity contribution in [2.24, 2.45) is 0 Å². The maximum absolute atomic E-state index is 13.4. The van der Waals surface area contributed by atoms with Crippen LogP contribution in [0.15, 0.2) is 42.5 Å². The summed E-state index contributed by atoms with van der Waals surface area (Å²) in [6, 6.07) is 10.5. The summed E-state index contributed by atoms with van der Waals surface area (Å²) in [5, 5.41) is 24.0. The van der Waals surface area contributed by atoms with Gasteiger partial charge in [-0.1, -0.05) is 35.9 Å². The van der Waals surface area contributed by atoms with Crippen LogP contribution in [0.4, 0.5) is 15.8 Å². The number of nitro benzene ring substituents is 1. The number of rotatable bonds is 5. The molecule has 0 fully saturated rings. The van der Waals surface area contributed by atoms with Crippen LogP contribution in [0.3, 0.4) is 0 Å². The number of hydrogen-bond donors (Lipinski definition) is 2. The molecule has 2 aromatic rings. The van der Waals surface area contributed by atoms with Crippen molar-refractivity contribution < 1.29 is 14.4 Å². The maximum atomic E-state index is 13.4. The molecule has 2 N–H and O–H groups in total. The van der Waals surface area contributed by atoms with Gasteiger partial charge < -0.3 is 10.4 Å². The molecule has 5 nitrogen and oxygen atoms in total. The standard InChI is InChI=1S/C14H12ClFN2O3/c15-10-5-2-1-4-9(10)13(19)8-17-12-7-3-6-11(16)14(12)18(20)21/h1-7,13,17,19H,8H2. The fourth-order valence-electron chi connectivity index (χ4n) is 1.91. The Kier molecular flexibility index (Phi) is 4.72. The van der Waals surface area contributed by atoms with E-state index in [1.165, 1.54) is 12.1 Å². The van der Waals surface area contributed by atoms with Crippen LogP contribution in [-0.4, -0.2) is 16.6 Å². The zero-order valence-electron chi connectivity index (χ0n) is 10.8. The lowest BCUT2D eigenvalue weighted by atomic mass is 10.1. The van der Waals surface area contributed by atoms with Crippen molar-refractivity contribution in [2.45, 2.75) is 6.10 Å². The van der Waals surface area contributed by atoms with Crippen molar-refractivity contribution >= 4 is 23.0 Å². The maximum Gasteiger partial charge on any atom is 0.327 e. The topological polar surface area (TPSA) is 75.4 Å². The molecule has 110 valence electrons. The van der Waals surface area contributed by atoms with Gasteiger partial charge in [-0.15, -0.1) is 0 Å². The fraction of sp³-hybridized carbons (Fsp3) is 0.143. The Hall–Kier alpha value is -2.18. The fourth-order valence-corrected chi connectivity index (χ4v) is 2.17. The second kappa shape index (κ2) is 6.51. The summed E-state index contributed by atoms with van der Waals surface area (Å²) in [6.45, 7) is -0.0337. The molecule has 21 heavy (non-hydrogen) atoms. The van der Waals surface area contributed by atoms with E-state index < -0.39 is 22.5 Å². The number of aliphatic hydroxyl groups excluding tert-OH is 1. The zero-order chi connectivity index (χ0) is 15.4. The molecule has 0 aliphatic carbocycles. The van der Waals surface area contributed by atoms with Gasteiger partial charge in [0.25, 0.3) is 0 Å². The SMILES string of the molecule is O=[N+]([O-])c1c(F)cccc1NCC(O)c1ccccc1Cl. The second-order valence-electron chi connectivity index (χ2n) is 4.31. The molecule has 0 aliphatic heterocycles. The van der Waals surface area contributed by atoms with E-state index in [-0.39, 0.29) is 12.2 Å². The quantitative estimate of drug-likeness (QED) is 0.654. The summed E-state index contributed by atoms with van der Waals surface area (Å²) >= 11 is 5.95. The largest absolute Gasteiger partial charge is 0.387 e. The van der Waals surface area contributed by atoms with E-state index in [0.717, 1.165) is 6.07 Å². The van der Waals surface area contributed by atoms with Gasteiger partial charge in [-0.3, -0.25) is 10.1 Å². The number of nitrogens with one attached hydrogen (secondary N) is 1. The lowest BCUT2D eigenvalue weighted by Gasteiger charge is -2.14. The van der Waals surface area contributed by atoms with Gasteiger partial charge in [0, 0.05) is 17.1 Å². The van der Waals surface area contributed by atoms with Crippen LogP contribution in [0.25, 0.3) is 0 Å². The normalized spacial score (nSPS) is 12.0. The highest BCUT2D eigenvalue weighted by Gasteiger charge is 2.20. The van der Waals surface area contributed by atoms with Crippen LogP contribution in [-0.2, 0) is 0 Å². The Morgan fingerprint density at radius 3 is 2.67 bits per heavy atom. The van der Waals surface area contributed by atoms with Crippen molar-refractivity contribution in [3.05, 3.63) is 69.0 Å². The van der Waals surface area contributed by atoms with E-state index in [4.69, 9.17) is 11.6 Å². The summed E-state index contributed by atoms with van der Waals surface area (Å²) < 4.78 is 13.4. The number of nitrogens with zero attached hydrogens (tertiary/aromatic N) is 1. The second-order valence-corrected chi connectivity index (χ2v) is 4.72. The third-order valence-electron chi connectivity index (χ3n) is 2.92. The highest BCUT2D eigenvalue weighted by atomic mass is 35.5. The van der Waals surface area contributed by atoms with Crippen LogP contribution in [0.1, 0.15) is 11.7 Å². The van der Waals surface area contributed by atoms with Crippen LogP contribution in [0.2, 0.25) is 5.02 Å². The first kappa shape index (κ1) is 15.2. The molecule has 0 amide bonds. The monoisotopic (exact) mass is 310 g/mol. The van der Waals surface area contributed by atoms with Crippen LogP contribution in [0, 0.1) is 15.9 Å². The minimum Gasteiger partial charge on any atom is -0.387 e. The molecule has 0 aromatic heterocycles. The van der Waals surface area contributed by atoms with Crippen molar-refractivity contribution in [1.82, 2.24) is 0 Å². The Balaban J connectivity index is 2.16. The van der Waals surface area contributed by atoms with Gasteiger partial charge in [-0.05, 0) is 18.2 Å². The van der Waals surface area contributed by atoms with Gasteiger partial charge >= 0.3 is 5.69 Å². The Morgan fingerprint density at radius 1 is 1.29 bits per heavy atom. The van der Waals surface area contributed by atoms with Crippen molar-refractivity contribution in [3.8, 4) is 0 Å². The van der Waals surface area contributed by atoms with Gasteiger partial charge in [0.05, 0.1) is 11.0 Å². The first-order valence-electron chi connectivity index (χ1n) is 6.10. The molecular weight excluding hydrogens is 299 g/mol. The van der Waals surface area contributed by atoms with Crippen molar-refractivity contribution in [1.29, 1.82) is 0 Å². The average molecular weight is 311 g/mol. The molecule has 1 unspecified atom stereocenters. The summed E-state index contributed by atoms with van der Waals surface area (Å²) in [5.41, 5.74) is -0.152. The van der Waals surface area contributed by atoms with E-state index in [1.807, 2.05) is 0 Å². The first-order valence-corrected chi connectivity index (χ1v) is 6.47. The molecule has 0 radical (unpaired) electrons. The predicted molar refractivity (Wildman–Crippen MR) is 78.0 cm³/mol. The van der Waals surface area contributed by atoms with Gasteiger partial charge in [0.15, 0.2) is 0 Å². The summed E-state index contributed by atoms with van der Waals surface area (Å²) in [5.74, 6) is -0.933. The average Bonchev–Trinajstić information content (AvgIpc) is 2.44. The van der Waals surface area contributed by atoms with E-state index in [1.54, 1.807) is 24.3 Å². The molecule has 0 heterocycles. The number of anilines is 1. The minimum absolute atomic E-state index is 0.00565. The summed E-state index contributed by atoms with van der Waals surface area (Å²) in [4.78, 5) is 10.0. The highest BCUT2D eigenvalue weighted by Crippen LogP contribution is 2.28. The first-order chi connectivity index (χ1) is 10.0. The number of hydrogen-bond acceptors (Lipinski definition) is 4. The lowest BCUT2D eigenvalue weighted by Crippen LogP contribution is -2.13. The third kappa shape index (κ3) is 3.48. The number of halogens is 2. The number of nitro groups is 1. The molecular formula is C14H12ClFN2O3. The zero-order valence-corrected chi connectivity index (χ0v) is 11.5. The number of para-hydroxylation sites is 1. The van der Waals surface area contributed by atoms with E-state index in [2.05, 4.69) is 5.32 Å². The Bertz CT molecular complexity index is 666. The summed E-state index contributed by atoms with van der Waals surface area (Å²) in [6.07, 6.45) is -0.971. The van der Waals surface area contributed by atoms with E-state index in [0.29, 0.717) is 10.6 Å². The molecule has 0 aliphatic rings. The van der Waals surface area contributed by atoms with Crippen LogP contribution in [0.5, 0.6) is 0 Å². The van der Waals surface area contributed by atoms with Gasteiger partial charge in [-0.2, -0.15) is 4.39 Å². The molecule has 2 aromatic carbocycles. The van der Waals surface area contributed by atoms with Gasteiger partial charge in [0.2, 0.25) is 5.82 Å².